The molecular weight excluding hydrogens is 366 g/mol. The lowest BCUT2D eigenvalue weighted by Crippen LogP contribution is -2.33. The molecule has 1 rings (SSSR count). The molecule has 1 heterocycles. The maximum Gasteiger partial charge on any atom is 0.0704 e. The molecule has 0 amide bonds. The van der Waals surface area contributed by atoms with Gasteiger partial charge in [0, 0.05) is 0 Å². The van der Waals surface area contributed by atoms with Gasteiger partial charge in [-0.15, -0.1) is 6.58 Å². The highest BCUT2D eigenvalue weighted by molar-refractivity contribution is 4.67. The summed E-state index contributed by atoms with van der Waals surface area (Å²) in [6.07, 6.45) is 4.29. The van der Waals surface area contributed by atoms with Crippen LogP contribution in [0.3, 0.4) is 0 Å². The first-order valence-corrected chi connectivity index (χ1v) is 10.3. The van der Waals surface area contributed by atoms with Gasteiger partial charge in [-0.3, -0.25) is 0 Å². The Balaban J connectivity index is 1.64. The van der Waals surface area contributed by atoms with Gasteiger partial charge in [-0.25, -0.2) is 0 Å². The van der Waals surface area contributed by atoms with E-state index in [1.807, 2.05) is 0 Å². The second-order valence-corrected chi connectivity index (χ2v) is 6.25. The highest BCUT2D eigenvalue weighted by Crippen LogP contribution is 2.06. The van der Waals surface area contributed by atoms with E-state index >= 15 is 0 Å². The summed E-state index contributed by atoms with van der Waals surface area (Å²) in [5, 5.41) is 3.32. The molecule has 1 aliphatic rings. The van der Waals surface area contributed by atoms with Crippen molar-refractivity contribution in [2.45, 2.75) is 18.9 Å². The summed E-state index contributed by atoms with van der Waals surface area (Å²) in [5.74, 6) is 0. The molecule has 8 heteroatoms. The number of rotatable bonds is 21. The highest BCUT2D eigenvalue weighted by Gasteiger charge is 2.12. The van der Waals surface area contributed by atoms with Gasteiger partial charge in [0.25, 0.3) is 0 Å². The van der Waals surface area contributed by atoms with Gasteiger partial charge in [-0.1, -0.05) is 6.08 Å². The van der Waals surface area contributed by atoms with Crippen LogP contribution in [0.15, 0.2) is 12.7 Å². The molecule has 0 aromatic carbocycles. The van der Waals surface area contributed by atoms with Crippen molar-refractivity contribution in [3.8, 4) is 0 Å². The highest BCUT2D eigenvalue weighted by atomic mass is 16.6. The smallest absolute Gasteiger partial charge is 0.0704 e. The van der Waals surface area contributed by atoms with E-state index in [0.717, 1.165) is 25.9 Å². The van der Waals surface area contributed by atoms with Crippen LogP contribution < -0.4 is 5.32 Å². The fraction of sp³-hybridized carbons (Fsp3) is 0.900. The summed E-state index contributed by atoms with van der Waals surface area (Å²) in [5.41, 5.74) is 0. The molecule has 0 saturated carbocycles. The molecule has 28 heavy (non-hydrogen) atoms. The van der Waals surface area contributed by atoms with Gasteiger partial charge < -0.3 is 38.5 Å². The number of nitrogens with one attached hydrogen (secondary N) is 1. The Morgan fingerprint density at radius 2 is 1.00 bits per heavy atom. The van der Waals surface area contributed by atoms with Crippen molar-refractivity contribution in [1.82, 2.24) is 5.32 Å². The molecular formula is C20H39NO7. The van der Waals surface area contributed by atoms with Crippen molar-refractivity contribution in [2.24, 2.45) is 0 Å². The fourth-order valence-electron chi connectivity index (χ4n) is 2.50. The Kier molecular flexibility index (Phi) is 19.2. The van der Waals surface area contributed by atoms with Crippen molar-refractivity contribution in [2.75, 3.05) is 99.0 Å². The molecule has 0 spiro atoms. The molecule has 8 nitrogen and oxygen atoms in total. The predicted molar refractivity (Wildman–Crippen MR) is 107 cm³/mol. The molecule has 0 radical (unpaired) electrons. The molecule has 0 aromatic rings. The van der Waals surface area contributed by atoms with E-state index in [0.29, 0.717) is 92.0 Å². The van der Waals surface area contributed by atoms with E-state index < -0.39 is 0 Å². The zero-order valence-corrected chi connectivity index (χ0v) is 17.2. The van der Waals surface area contributed by atoms with Crippen LogP contribution in [-0.2, 0) is 33.2 Å². The number of hydrogen-bond acceptors (Lipinski definition) is 8. The summed E-state index contributed by atoms with van der Waals surface area (Å²) in [7, 11) is 0. The standard InChI is InChI=1S/C20H39NO7/c1-2-7-22-8-9-23-10-11-24-12-13-25-14-15-26-16-17-27-18-19-28-20-3-5-21-6-4-20/h2,20-21H,1,3-19H2. The minimum atomic E-state index is 0.386. The van der Waals surface area contributed by atoms with Gasteiger partial charge in [0.05, 0.1) is 92.0 Å². The van der Waals surface area contributed by atoms with Crippen LogP contribution in [0, 0.1) is 0 Å². The topological polar surface area (TPSA) is 76.6 Å². The normalized spacial score (nSPS) is 15.1. The molecule has 0 atom stereocenters. The summed E-state index contributed by atoms with van der Waals surface area (Å²) in [6.45, 7) is 13.1. The van der Waals surface area contributed by atoms with Crippen LogP contribution in [-0.4, -0.2) is 105 Å². The molecule has 1 N–H and O–H groups in total. The van der Waals surface area contributed by atoms with Gasteiger partial charge in [-0.05, 0) is 25.9 Å². The maximum absolute atomic E-state index is 5.76. The van der Waals surface area contributed by atoms with Crippen LogP contribution >= 0.6 is 0 Å². The third kappa shape index (κ3) is 17.5. The Labute approximate surface area is 169 Å². The second kappa shape index (κ2) is 21.1. The zero-order chi connectivity index (χ0) is 20.0. The lowest BCUT2D eigenvalue weighted by Gasteiger charge is -2.22. The first kappa shape index (κ1) is 25.5. The van der Waals surface area contributed by atoms with Gasteiger partial charge in [-0.2, -0.15) is 0 Å². The Bertz CT molecular complexity index is 328. The average Bonchev–Trinajstić information content (AvgIpc) is 2.73. The van der Waals surface area contributed by atoms with Crippen molar-refractivity contribution in [1.29, 1.82) is 0 Å². The number of piperidine rings is 1. The Morgan fingerprint density at radius 1 is 0.607 bits per heavy atom. The van der Waals surface area contributed by atoms with Gasteiger partial charge in [0.2, 0.25) is 0 Å². The Morgan fingerprint density at radius 3 is 1.43 bits per heavy atom. The molecule has 1 saturated heterocycles. The number of hydrogen-bond donors (Lipinski definition) is 1. The summed E-state index contributed by atoms with van der Waals surface area (Å²) in [4.78, 5) is 0. The molecule has 1 aliphatic heterocycles. The zero-order valence-electron chi connectivity index (χ0n) is 17.2. The quantitative estimate of drug-likeness (QED) is 0.224. The van der Waals surface area contributed by atoms with Crippen LogP contribution in [0.25, 0.3) is 0 Å². The SMILES string of the molecule is C=CCOCCOCCOCCOCCOCCOCCOC1CCNCC1. The lowest BCUT2D eigenvalue weighted by atomic mass is 10.1. The molecule has 1 fully saturated rings. The van der Waals surface area contributed by atoms with E-state index in [-0.39, 0.29) is 0 Å². The van der Waals surface area contributed by atoms with Crippen LogP contribution in [0.2, 0.25) is 0 Å². The average molecular weight is 406 g/mol. The molecule has 0 aromatic heterocycles. The van der Waals surface area contributed by atoms with E-state index in [2.05, 4.69) is 11.9 Å². The third-order valence-electron chi connectivity index (χ3n) is 3.96. The van der Waals surface area contributed by atoms with E-state index in [4.69, 9.17) is 33.2 Å². The van der Waals surface area contributed by atoms with Gasteiger partial charge >= 0.3 is 0 Å². The minimum absolute atomic E-state index is 0.386. The lowest BCUT2D eigenvalue weighted by molar-refractivity contribution is -0.0304. The first-order chi connectivity index (χ1) is 13.9. The van der Waals surface area contributed by atoms with Crippen LogP contribution in [0.4, 0.5) is 0 Å². The van der Waals surface area contributed by atoms with Crippen molar-refractivity contribution >= 4 is 0 Å². The summed E-state index contributed by atoms with van der Waals surface area (Å²) >= 11 is 0. The van der Waals surface area contributed by atoms with Crippen LogP contribution in [0.1, 0.15) is 12.8 Å². The molecule has 0 aliphatic carbocycles. The van der Waals surface area contributed by atoms with E-state index in [9.17, 15) is 0 Å². The van der Waals surface area contributed by atoms with Crippen molar-refractivity contribution < 1.29 is 33.2 Å². The second-order valence-electron chi connectivity index (χ2n) is 6.25. The largest absolute Gasteiger partial charge is 0.377 e. The molecule has 0 bridgehead atoms. The summed E-state index contributed by atoms with van der Waals surface area (Å²) in [6, 6.07) is 0. The first-order valence-electron chi connectivity index (χ1n) is 10.3. The van der Waals surface area contributed by atoms with E-state index in [1.54, 1.807) is 6.08 Å². The third-order valence-corrected chi connectivity index (χ3v) is 3.96. The van der Waals surface area contributed by atoms with Crippen LogP contribution in [0.5, 0.6) is 0 Å². The molecule has 166 valence electrons. The molecule has 0 unspecified atom stereocenters. The monoisotopic (exact) mass is 405 g/mol. The van der Waals surface area contributed by atoms with Gasteiger partial charge in [0.15, 0.2) is 0 Å². The van der Waals surface area contributed by atoms with Crippen molar-refractivity contribution in [3.05, 3.63) is 12.7 Å². The van der Waals surface area contributed by atoms with Gasteiger partial charge in [0.1, 0.15) is 0 Å². The number of ether oxygens (including phenoxy) is 7. The van der Waals surface area contributed by atoms with Crippen molar-refractivity contribution in [3.63, 3.8) is 0 Å². The van der Waals surface area contributed by atoms with E-state index in [1.165, 1.54) is 0 Å². The summed E-state index contributed by atoms with van der Waals surface area (Å²) < 4.78 is 38.1. The Hall–Kier alpha value is -0.580. The predicted octanol–water partition coefficient (Wildman–Crippen LogP) is 1.04. The minimum Gasteiger partial charge on any atom is -0.377 e. The maximum atomic E-state index is 5.76. The fourth-order valence-corrected chi connectivity index (χ4v) is 2.50.